The summed E-state index contributed by atoms with van der Waals surface area (Å²) < 4.78 is 5.40. The van der Waals surface area contributed by atoms with Crippen molar-refractivity contribution in [3.63, 3.8) is 0 Å². The molecule has 3 rings (SSSR count). The summed E-state index contributed by atoms with van der Waals surface area (Å²) >= 11 is 0. The minimum absolute atomic E-state index is 0.517. The van der Waals surface area contributed by atoms with Crippen molar-refractivity contribution in [1.29, 1.82) is 5.26 Å². The lowest BCUT2D eigenvalue weighted by atomic mass is 10.0. The quantitative estimate of drug-likeness (QED) is 0.897. The van der Waals surface area contributed by atoms with Crippen LogP contribution < -0.4 is 5.32 Å². The van der Waals surface area contributed by atoms with E-state index in [1.54, 1.807) is 0 Å². The van der Waals surface area contributed by atoms with Gasteiger partial charge in [-0.25, -0.2) is 0 Å². The summed E-state index contributed by atoms with van der Waals surface area (Å²) in [4.78, 5) is 5.07. The van der Waals surface area contributed by atoms with Gasteiger partial charge < -0.3 is 15.0 Å². The summed E-state index contributed by atoms with van der Waals surface area (Å²) in [5.74, 6) is 0. The predicted molar refractivity (Wildman–Crippen MR) is 91.5 cm³/mol. The van der Waals surface area contributed by atoms with E-state index in [9.17, 15) is 0 Å². The molecule has 2 heterocycles. The number of anilines is 1. The molecule has 1 aromatic rings. The van der Waals surface area contributed by atoms with Crippen LogP contribution >= 0.6 is 0 Å². The molecule has 124 valence electrons. The zero-order valence-corrected chi connectivity index (χ0v) is 13.7. The van der Waals surface area contributed by atoms with E-state index in [4.69, 9.17) is 10.00 Å². The summed E-state index contributed by atoms with van der Waals surface area (Å²) in [7, 11) is 0. The first-order chi connectivity index (χ1) is 11.3. The molecule has 0 aromatic heterocycles. The Morgan fingerprint density at radius 1 is 1.09 bits per heavy atom. The van der Waals surface area contributed by atoms with Crippen molar-refractivity contribution >= 4 is 5.69 Å². The Bertz CT molecular complexity index is 528. The Hall–Kier alpha value is -1.61. The van der Waals surface area contributed by atoms with Crippen molar-refractivity contribution in [3.05, 3.63) is 29.8 Å². The van der Waals surface area contributed by atoms with Gasteiger partial charge in [0.15, 0.2) is 0 Å². The van der Waals surface area contributed by atoms with E-state index in [2.05, 4.69) is 21.2 Å². The number of piperidine rings is 1. The van der Waals surface area contributed by atoms with Gasteiger partial charge in [0.1, 0.15) is 0 Å². The smallest absolute Gasteiger partial charge is 0.0992 e. The van der Waals surface area contributed by atoms with Crippen LogP contribution in [-0.4, -0.2) is 68.3 Å². The molecule has 5 nitrogen and oxygen atoms in total. The van der Waals surface area contributed by atoms with Crippen LogP contribution in [0.3, 0.4) is 0 Å². The molecule has 0 saturated carbocycles. The Morgan fingerprint density at radius 3 is 2.48 bits per heavy atom. The highest BCUT2D eigenvalue weighted by atomic mass is 16.5. The van der Waals surface area contributed by atoms with Crippen LogP contribution in [-0.2, 0) is 4.74 Å². The molecule has 0 spiro atoms. The number of rotatable bonds is 5. The number of hydrogen-bond acceptors (Lipinski definition) is 5. The molecule has 2 fully saturated rings. The van der Waals surface area contributed by atoms with Gasteiger partial charge in [-0.05, 0) is 31.0 Å². The first kappa shape index (κ1) is 16.3. The van der Waals surface area contributed by atoms with Gasteiger partial charge >= 0.3 is 0 Å². The van der Waals surface area contributed by atoms with E-state index in [0.717, 1.165) is 63.7 Å². The molecule has 0 aliphatic carbocycles. The largest absolute Gasteiger partial charge is 0.382 e. The second-order valence-corrected chi connectivity index (χ2v) is 6.41. The fraction of sp³-hybridized carbons (Fsp3) is 0.611. The predicted octanol–water partition coefficient (Wildman–Crippen LogP) is 1.77. The van der Waals surface area contributed by atoms with E-state index >= 15 is 0 Å². The van der Waals surface area contributed by atoms with Gasteiger partial charge in [-0.2, -0.15) is 5.26 Å². The normalized spacial score (nSPS) is 21.0. The Labute approximate surface area is 138 Å². The molecule has 0 amide bonds. The molecule has 5 heteroatoms. The maximum absolute atomic E-state index is 8.97. The van der Waals surface area contributed by atoms with E-state index in [1.165, 1.54) is 12.8 Å². The minimum atomic E-state index is 0.517. The van der Waals surface area contributed by atoms with E-state index in [0.29, 0.717) is 6.04 Å². The number of ether oxygens (including phenoxy) is 1. The van der Waals surface area contributed by atoms with Gasteiger partial charge in [-0.15, -0.1) is 0 Å². The van der Waals surface area contributed by atoms with Crippen LogP contribution in [0.1, 0.15) is 18.4 Å². The third-order valence-corrected chi connectivity index (χ3v) is 4.79. The van der Waals surface area contributed by atoms with Crippen LogP contribution in [0.25, 0.3) is 0 Å². The molecule has 0 radical (unpaired) electrons. The fourth-order valence-electron chi connectivity index (χ4n) is 3.32. The summed E-state index contributed by atoms with van der Waals surface area (Å²) in [5, 5.41) is 12.5. The average molecular weight is 314 g/mol. The highest BCUT2D eigenvalue weighted by molar-refractivity contribution is 5.49. The maximum Gasteiger partial charge on any atom is 0.0992 e. The summed E-state index contributed by atoms with van der Waals surface area (Å²) in [6, 6.07) is 10.5. The molecule has 2 aliphatic rings. The molecule has 2 saturated heterocycles. The highest BCUT2D eigenvalue weighted by Crippen LogP contribution is 2.17. The average Bonchev–Trinajstić information content (AvgIpc) is 2.62. The summed E-state index contributed by atoms with van der Waals surface area (Å²) in [6.45, 7) is 8.55. The van der Waals surface area contributed by atoms with Gasteiger partial charge in [0, 0.05) is 51.0 Å². The van der Waals surface area contributed by atoms with E-state index in [-0.39, 0.29) is 0 Å². The van der Waals surface area contributed by atoms with Crippen molar-refractivity contribution < 1.29 is 4.74 Å². The SMILES string of the molecule is N#Cc1cccc(NC2CCN(CCN3CCOCC3)CC2)c1. The lowest BCUT2D eigenvalue weighted by Crippen LogP contribution is -2.45. The zero-order chi connectivity index (χ0) is 15.9. The molecule has 23 heavy (non-hydrogen) atoms. The molecule has 0 unspecified atom stereocenters. The van der Waals surface area contributed by atoms with Crippen LogP contribution in [0.4, 0.5) is 5.69 Å². The number of nitrogens with one attached hydrogen (secondary N) is 1. The molecule has 0 atom stereocenters. The zero-order valence-electron chi connectivity index (χ0n) is 13.7. The molecule has 2 aliphatic heterocycles. The second-order valence-electron chi connectivity index (χ2n) is 6.41. The van der Waals surface area contributed by atoms with Crippen molar-refractivity contribution in [1.82, 2.24) is 9.80 Å². The van der Waals surface area contributed by atoms with Crippen molar-refractivity contribution in [2.45, 2.75) is 18.9 Å². The Morgan fingerprint density at radius 2 is 1.78 bits per heavy atom. The van der Waals surface area contributed by atoms with Gasteiger partial charge in [-0.1, -0.05) is 6.07 Å². The number of likely N-dealkylation sites (tertiary alicyclic amines) is 1. The number of nitrogens with zero attached hydrogens (tertiary/aromatic N) is 3. The number of morpholine rings is 1. The summed E-state index contributed by atoms with van der Waals surface area (Å²) in [6.07, 6.45) is 2.33. The fourth-order valence-corrected chi connectivity index (χ4v) is 3.32. The molecular formula is C18H26N4O. The molecule has 1 N–H and O–H groups in total. The van der Waals surface area contributed by atoms with E-state index in [1.807, 2.05) is 24.3 Å². The van der Waals surface area contributed by atoms with Crippen molar-refractivity contribution in [3.8, 4) is 6.07 Å². The molecule has 1 aromatic carbocycles. The van der Waals surface area contributed by atoms with Crippen LogP contribution in [0.15, 0.2) is 24.3 Å². The van der Waals surface area contributed by atoms with Gasteiger partial charge in [0.25, 0.3) is 0 Å². The Balaban J connectivity index is 1.38. The Kier molecular flexibility index (Phi) is 5.87. The lowest BCUT2D eigenvalue weighted by Gasteiger charge is -2.35. The van der Waals surface area contributed by atoms with Gasteiger partial charge in [-0.3, -0.25) is 4.90 Å². The third-order valence-electron chi connectivity index (χ3n) is 4.79. The highest BCUT2D eigenvalue weighted by Gasteiger charge is 2.20. The standard InChI is InChI=1S/C18H26N4O/c19-15-16-2-1-3-18(14-16)20-17-4-6-21(7-5-17)8-9-22-10-12-23-13-11-22/h1-3,14,17,20H,4-13H2. The molecular weight excluding hydrogens is 288 g/mol. The topological polar surface area (TPSA) is 51.5 Å². The second kappa shape index (κ2) is 8.30. The van der Waals surface area contributed by atoms with E-state index < -0.39 is 0 Å². The number of hydrogen-bond donors (Lipinski definition) is 1. The minimum Gasteiger partial charge on any atom is -0.382 e. The number of nitriles is 1. The maximum atomic E-state index is 8.97. The molecule has 0 bridgehead atoms. The summed E-state index contributed by atoms with van der Waals surface area (Å²) in [5.41, 5.74) is 1.79. The van der Waals surface area contributed by atoms with Crippen molar-refractivity contribution in [2.75, 3.05) is 57.8 Å². The first-order valence-electron chi connectivity index (χ1n) is 8.62. The van der Waals surface area contributed by atoms with Crippen molar-refractivity contribution in [2.24, 2.45) is 0 Å². The number of benzene rings is 1. The third kappa shape index (κ3) is 4.93. The van der Waals surface area contributed by atoms with Gasteiger partial charge in [0.2, 0.25) is 0 Å². The van der Waals surface area contributed by atoms with Crippen LogP contribution in [0.5, 0.6) is 0 Å². The van der Waals surface area contributed by atoms with Crippen LogP contribution in [0.2, 0.25) is 0 Å². The first-order valence-corrected chi connectivity index (χ1v) is 8.62. The lowest BCUT2D eigenvalue weighted by molar-refractivity contribution is 0.0322. The monoisotopic (exact) mass is 314 g/mol. The van der Waals surface area contributed by atoms with Gasteiger partial charge in [0.05, 0.1) is 24.8 Å². The van der Waals surface area contributed by atoms with Crippen LogP contribution in [0, 0.1) is 11.3 Å².